The van der Waals surface area contributed by atoms with E-state index in [4.69, 9.17) is 5.73 Å². The summed E-state index contributed by atoms with van der Waals surface area (Å²) in [7, 11) is 0. The van der Waals surface area contributed by atoms with E-state index in [9.17, 15) is 0 Å². The van der Waals surface area contributed by atoms with Crippen LogP contribution in [0.25, 0.3) is 0 Å². The zero-order valence-electron chi connectivity index (χ0n) is 9.63. The molecule has 0 aromatic rings. The zero-order valence-corrected chi connectivity index (χ0v) is 9.63. The molecule has 0 amide bonds. The minimum Gasteiger partial charge on any atom is -0.325 e. The SMILES string of the molecule is CC(C)N1CCCC1CC1(N)CCC1. The monoisotopic (exact) mass is 196 g/mol. The Morgan fingerprint density at radius 1 is 1.36 bits per heavy atom. The van der Waals surface area contributed by atoms with Gasteiger partial charge in [-0.25, -0.2) is 0 Å². The maximum atomic E-state index is 6.32. The van der Waals surface area contributed by atoms with Crippen LogP contribution in [-0.4, -0.2) is 29.1 Å². The van der Waals surface area contributed by atoms with Crippen LogP contribution < -0.4 is 5.73 Å². The predicted molar refractivity (Wildman–Crippen MR) is 60.3 cm³/mol. The van der Waals surface area contributed by atoms with E-state index in [1.807, 2.05) is 0 Å². The highest BCUT2D eigenvalue weighted by atomic mass is 15.2. The van der Waals surface area contributed by atoms with Crippen molar-refractivity contribution in [3.05, 3.63) is 0 Å². The molecule has 0 bridgehead atoms. The highest BCUT2D eigenvalue weighted by molar-refractivity contribution is 4.98. The molecular weight excluding hydrogens is 172 g/mol. The number of nitrogens with zero attached hydrogens (tertiary/aromatic N) is 1. The molecule has 1 heterocycles. The molecule has 0 aromatic heterocycles. The van der Waals surface area contributed by atoms with Gasteiger partial charge >= 0.3 is 0 Å². The van der Waals surface area contributed by atoms with E-state index in [0.717, 1.165) is 6.04 Å². The fourth-order valence-electron chi connectivity index (χ4n) is 3.06. The molecule has 0 spiro atoms. The summed E-state index contributed by atoms with van der Waals surface area (Å²) in [5.41, 5.74) is 6.53. The van der Waals surface area contributed by atoms with Gasteiger partial charge in [-0.15, -0.1) is 0 Å². The number of hydrogen-bond acceptors (Lipinski definition) is 2. The van der Waals surface area contributed by atoms with Crippen LogP contribution in [0.1, 0.15) is 52.4 Å². The van der Waals surface area contributed by atoms with Gasteiger partial charge in [-0.3, -0.25) is 4.90 Å². The first-order valence-corrected chi connectivity index (χ1v) is 6.15. The lowest BCUT2D eigenvalue weighted by Gasteiger charge is -2.42. The second kappa shape index (κ2) is 3.82. The summed E-state index contributed by atoms with van der Waals surface area (Å²) >= 11 is 0. The first kappa shape index (κ1) is 10.4. The van der Waals surface area contributed by atoms with Crippen molar-refractivity contribution in [2.45, 2.75) is 70.0 Å². The molecular formula is C12H24N2. The van der Waals surface area contributed by atoms with E-state index >= 15 is 0 Å². The predicted octanol–water partition coefficient (Wildman–Crippen LogP) is 2.13. The van der Waals surface area contributed by atoms with Crippen molar-refractivity contribution < 1.29 is 0 Å². The van der Waals surface area contributed by atoms with Crippen molar-refractivity contribution in [2.24, 2.45) is 5.73 Å². The molecule has 2 N–H and O–H groups in total. The quantitative estimate of drug-likeness (QED) is 0.749. The smallest absolute Gasteiger partial charge is 0.0169 e. The van der Waals surface area contributed by atoms with Crippen LogP contribution in [-0.2, 0) is 0 Å². The van der Waals surface area contributed by atoms with Gasteiger partial charge in [0.05, 0.1) is 0 Å². The van der Waals surface area contributed by atoms with Gasteiger partial charge in [0.2, 0.25) is 0 Å². The number of nitrogens with two attached hydrogens (primary N) is 1. The van der Waals surface area contributed by atoms with E-state index in [2.05, 4.69) is 18.7 Å². The minimum atomic E-state index is 0.210. The van der Waals surface area contributed by atoms with Gasteiger partial charge in [0.15, 0.2) is 0 Å². The molecule has 1 saturated carbocycles. The number of likely N-dealkylation sites (tertiary alicyclic amines) is 1. The summed E-state index contributed by atoms with van der Waals surface area (Å²) in [6.07, 6.45) is 7.86. The van der Waals surface area contributed by atoms with Gasteiger partial charge in [0.1, 0.15) is 0 Å². The Hall–Kier alpha value is -0.0800. The van der Waals surface area contributed by atoms with Crippen LogP contribution in [0, 0.1) is 0 Å². The number of hydrogen-bond donors (Lipinski definition) is 1. The summed E-state index contributed by atoms with van der Waals surface area (Å²) < 4.78 is 0. The average Bonchev–Trinajstić information content (AvgIpc) is 2.49. The molecule has 1 saturated heterocycles. The van der Waals surface area contributed by atoms with Crippen LogP contribution in [0.3, 0.4) is 0 Å². The lowest BCUT2D eigenvalue weighted by molar-refractivity contribution is 0.131. The third-order valence-corrected chi connectivity index (χ3v) is 4.08. The first-order chi connectivity index (χ1) is 6.61. The fourth-order valence-corrected chi connectivity index (χ4v) is 3.06. The lowest BCUT2D eigenvalue weighted by Crippen LogP contribution is -2.51. The van der Waals surface area contributed by atoms with Crippen LogP contribution >= 0.6 is 0 Å². The molecule has 1 unspecified atom stereocenters. The van der Waals surface area contributed by atoms with Gasteiger partial charge in [-0.1, -0.05) is 0 Å². The van der Waals surface area contributed by atoms with Crippen molar-refractivity contribution in [1.82, 2.24) is 4.90 Å². The zero-order chi connectivity index (χ0) is 10.2. The summed E-state index contributed by atoms with van der Waals surface area (Å²) in [5.74, 6) is 0. The summed E-state index contributed by atoms with van der Waals surface area (Å²) in [4.78, 5) is 2.65. The van der Waals surface area contributed by atoms with Gasteiger partial charge in [0.25, 0.3) is 0 Å². The Kier molecular flexibility index (Phi) is 2.85. The summed E-state index contributed by atoms with van der Waals surface area (Å²) in [6, 6.07) is 1.48. The van der Waals surface area contributed by atoms with E-state index in [1.165, 1.54) is 45.1 Å². The first-order valence-electron chi connectivity index (χ1n) is 6.15. The number of rotatable bonds is 3. The van der Waals surface area contributed by atoms with Crippen molar-refractivity contribution in [2.75, 3.05) is 6.54 Å². The topological polar surface area (TPSA) is 29.3 Å². The standard InChI is InChI=1S/C12H24N2/c1-10(2)14-8-3-5-11(14)9-12(13)6-4-7-12/h10-11H,3-9,13H2,1-2H3. The Morgan fingerprint density at radius 3 is 2.57 bits per heavy atom. The van der Waals surface area contributed by atoms with Crippen LogP contribution in [0.2, 0.25) is 0 Å². The van der Waals surface area contributed by atoms with Crippen LogP contribution in [0.4, 0.5) is 0 Å². The minimum absolute atomic E-state index is 0.210. The van der Waals surface area contributed by atoms with Crippen molar-refractivity contribution >= 4 is 0 Å². The normalized spacial score (nSPS) is 32.1. The van der Waals surface area contributed by atoms with Gasteiger partial charge < -0.3 is 5.73 Å². The van der Waals surface area contributed by atoms with Crippen molar-refractivity contribution in [3.63, 3.8) is 0 Å². The average molecular weight is 196 g/mol. The van der Waals surface area contributed by atoms with Gasteiger partial charge in [0, 0.05) is 17.6 Å². The summed E-state index contributed by atoms with van der Waals surface area (Å²) in [5, 5.41) is 0. The largest absolute Gasteiger partial charge is 0.325 e. The van der Waals surface area contributed by atoms with Crippen molar-refractivity contribution in [3.8, 4) is 0 Å². The second-order valence-electron chi connectivity index (χ2n) is 5.55. The molecule has 2 nitrogen and oxygen atoms in total. The Bertz CT molecular complexity index is 196. The van der Waals surface area contributed by atoms with Gasteiger partial charge in [-0.05, 0) is 58.9 Å². The van der Waals surface area contributed by atoms with Crippen LogP contribution in [0.15, 0.2) is 0 Å². The van der Waals surface area contributed by atoms with Crippen molar-refractivity contribution in [1.29, 1.82) is 0 Å². The molecule has 1 aliphatic heterocycles. The molecule has 0 radical (unpaired) electrons. The molecule has 2 rings (SSSR count). The maximum Gasteiger partial charge on any atom is 0.0169 e. The second-order valence-corrected chi connectivity index (χ2v) is 5.55. The summed E-state index contributed by atoms with van der Waals surface area (Å²) in [6.45, 7) is 5.91. The highest BCUT2D eigenvalue weighted by Crippen LogP contribution is 2.37. The Labute approximate surface area is 87.8 Å². The van der Waals surface area contributed by atoms with Gasteiger partial charge in [-0.2, -0.15) is 0 Å². The Morgan fingerprint density at radius 2 is 2.07 bits per heavy atom. The molecule has 2 heteroatoms. The molecule has 1 atom stereocenters. The molecule has 82 valence electrons. The van der Waals surface area contributed by atoms with E-state index < -0.39 is 0 Å². The molecule has 2 fully saturated rings. The molecule has 0 aromatic carbocycles. The third-order valence-electron chi connectivity index (χ3n) is 4.08. The third kappa shape index (κ3) is 1.96. The maximum absolute atomic E-state index is 6.32. The van der Waals surface area contributed by atoms with Crippen LogP contribution in [0.5, 0.6) is 0 Å². The fraction of sp³-hybridized carbons (Fsp3) is 1.00. The van der Waals surface area contributed by atoms with E-state index in [1.54, 1.807) is 0 Å². The molecule has 14 heavy (non-hydrogen) atoms. The lowest BCUT2D eigenvalue weighted by atomic mass is 9.73. The highest BCUT2D eigenvalue weighted by Gasteiger charge is 2.38. The molecule has 2 aliphatic rings. The molecule has 1 aliphatic carbocycles. The van der Waals surface area contributed by atoms with E-state index in [0.29, 0.717) is 6.04 Å². The van der Waals surface area contributed by atoms with E-state index in [-0.39, 0.29) is 5.54 Å². The Balaban J connectivity index is 1.90.